The third-order valence-corrected chi connectivity index (χ3v) is 2.75. The first kappa shape index (κ1) is 12.7. The van der Waals surface area contributed by atoms with E-state index >= 15 is 0 Å². The second kappa shape index (κ2) is 4.48. The minimum atomic E-state index is -0.532. The molecule has 1 aliphatic rings. The van der Waals surface area contributed by atoms with Crippen molar-refractivity contribution in [1.29, 1.82) is 0 Å². The normalized spacial score (nSPS) is 15.2. The Balaban J connectivity index is 2.31. The molecule has 0 radical (unpaired) electrons. The molecule has 0 saturated heterocycles. The van der Waals surface area contributed by atoms with Gasteiger partial charge in [0.2, 0.25) is 0 Å². The molecule has 1 aromatic heterocycles. The van der Waals surface area contributed by atoms with Gasteiger partial charge in [0.25, 0.3) is 5.56 Å². The molecular weight excluding hydrogens is 232 g/mol. The zero-order chi connectivity index (χ0) is 13.3. The average molecular weight is 250 g/mol. The van der Waals surface area contributed by atoms with Crippen LogP contribution in [0, 0.1) is 0 Å². The molecule has 1 N–H and O–H groups in total. The topological polar surface area (TPSA) is 62.4 Å². The molecule has 1 amide bonds. The number of nitrogens with zero attached hydrogens (tertiary/aromatic N) is 1. The van der Waals surface area contributed by atoms with Crippen molar-refractivity contribution >= 4 is 11.8 Å². The molecule has 2 rings (SSSR count). The highest BCUT2D eigenvalue weighted by Crippen LogP contribution is 2.25. The number of anilines is 1. The van der Waals surface area contributed by atoms with Gasteiger partial charge >= 0.3 is 6.09 Å². The Kier molecular flexibility index (Phi) is 3.15. The standard InChI is InChI=1S/C13H18N2O3/c1-13(2,3)18-12(17)15-8-4-5-9-10(15)6-7-14-11(9)16/h6-7H,4-5,8H2,1-3H3,(H,14,16). The van der Waals surface area contributed by atoms with Crippen molar-refractivity contribution in [2.75, 3.05) is 11.4 Å². The minimum Gasteiger partial charge on any atom is -0.443 e. The molecule has 98 valence electrons. The van der Waals surface area contributed by atoms with Crippen LogP contribution >= 0.6 is 0 Å². The van der Waals surface area contributed by atoms with E-state index < -0.39 is 11.7 Å². The summed E-state index contributed by atoms with van der Waals surface area (Å²) in [5, 5.41) is 0. The Bertz CT molecular complexity index is 514. The lowest BCUT2D eigenvalue weighted by molar-refractivity contribution is 0.0578. The summed E-state index contributed by atoms with van der Waals surface area (Å²) < 4.78 is 5.35. The Hall–Kier alpha value is -1.78. The summed E-state index contributed by atoms with van der Waals surface area (Å²) in [5.41, 5.74) is 0.671. The number of nitrogens with one attached hydrogen (secondary N) is 1. The van der Waals surface area contributed by atoms with E-state index in [1.807, 2.05) is 20.8 Å². The molecule has 2 heterocycles. The number of rotatable bonds is 0. The van der Waals surface area contributed by atoms with E-state index in [1.165, 1.54) is 0 Å². The van der Waals surface area contributed by atoms with Gasteiger partial charge in [-0.15, -0.1) is 0 Å². The maximum absolute atomic E-state index is 12.1. The van der Waals surface area contributed by atoms with Gasteiger partial charge in [-0.05, 0) is 39.7 Å². The molecule has 0 fully saturated rings. The number of H-pyrrole nitrogens is 1. The molecule has 0 aromatic carbocycles. The first-order valence-electron chi connectivity index (χ1n) is 6.09. The number of pyridine rings is 1. The predicted molar refractivity (Wildman–Crippen MR) is 69.0 cm³/mol. The van der Waals surface area contributed by atoms with Crippen LogP contribution in [0.2, 0.25) is 0 Å². The van der Waals surface area contributed by atoms with Gasteiger partial charge in [-0.2, -0.15) is 0 Å². The fourth-order valence-corrected chi connectivity index (χ4v) is 2.04. The van der Waals surface area contributed by atoms with Crippen molar-refractivity contribution in [3.8, 4) is 0 Å². The van der Waals surface area contributed by atoms with Gasteiger partial charge in [-0.1, -0.05) is 0 Å². The van der Waals surface area contributed by atoms with Gasteiger partial charge in [0.05, 0.1) is 5.69 Å². The minimum absolute atomic E-state index is 0.124. The molecule has 0 aliphatic carbocycles. The number of aromatic amines is 1. The summed E-state index contributed by atoms with van der Waals surface area (Å²) in [6.07, 6.45) is 2.64. The lowest BCUT2D eigenvalue weighted by Gasteiger charge is -2.31. The van der Waals surface area contributed by atoms with Crippen LogP contribution < -0.4 is 10.5 Å². The number of amides is 1. The summed E-state index contributed by atoms with van der Waals surface area (Å²) in [7, 11) is 0. The summed E-state index contributed by atoms with van der Waals surface area (Å²) in [5.74, 6) is 0. The van der Waals surface area contributed by atoms with E-state index in [9.17, 15) is 9.59 Å². The van der Waals surface area contributed by atoms with Crippen LogP contribution in [0.1, 0.15) is 32.8 Å². The number of hydrogen-bond acceptors (Lipinski definition) is 3. The van der Waals surface area contributed by atoms with Crippen molar-refractivity contribution < 1.29 is 9.53 Å². The first-order chi connectivity index (χ1) is 8.38. The van der Waals surface area contributed by atoms with Crippen molar-refractivity contribution in [3.63, 3.8) is 0 Å². The molecule has 1 aromatic rings. The number of fused-ring (bicyclic) bond motifs is 1. The SMILES string of the molecule is CC(C)(C)OC(=O)N1CCCc2c1cc[nH]c2=O. The van der Waals surface area contributed by atoms with Gasteiger partial charge in [0.15, 0.2) is 0 Å². The van der Waals surface area contributed by atoms with E-state index in [1.54, 1.807) is 17.2 Å². The van der Waals surface area contributed by atoms with Crippen molar-refractivity contribution in [2.45, 2.75) is 39.2 Å². The van der Waals surface area contributed by atoms with Gasteiger partial charge in [0.1, 0.15) is 5.60 Å². The van der Waals surface area contributed by atoms with Crippen LogP contribution in [0.4, 0.5) is 10.5 Å². The number of carbonyl (C=O) groups excluding carboxylic acids is 1. The highest BCUT2D eigenvalue weighted by molar-refractivity contribution is 5.89. The molecule has 0 unspecified atom stereocenters. The van der Waals surface area contributed by atoms with Crippen molar-refractivity contribution in [1.82, 2.24) is 4.98 Å². The first-order valence-corrected chi connectivity index (χ1v) is 6.09. The largest absolute Gasteiger partial charge is 0.443 e. The predicted octanol–water partition coefficient (Wildman–Crippen LogP) is 2.06. The highest BCUT2D eigenvalue weighted by atomic mass is 16.6. The lowest BCUT2D eigenvalue weighted by Crippen LogP contribution is -2.41. The molecule has 18 heavy (non-hydrogen) atoms. The smallest absolute Gasteiger partial charge is 0.414 e. The lowest BCUT2D eigenvalue weighted by atomic mass is 10.0. The number of aromatic nitrogens is 1. The Morgan fingerprint density at radius 1 is 1.44 bits per heavy atom. The van der Waals surface area contributed by atoms with E-state index in [2.05, 4.69) is 4.98 Å². The second-order valence-corrected chi connectivity index (χ2v) is 5.41. The molecule has 0 atom stereocenters. The third-order valence-electron chi connectivity index (χ3n) is 2.75. The van der Waals surface area contributed by atoms with Gasteiger partial charge in [0, 0.05) is 18.3 Å². The highest BCUT2D eigenvalue weighted by Gasteiger charge is 2.28. The summed E-state index contributed by atoms with van der Waals surface area (Å²) in [4.78, 5) is 27.9. The molecule has 0 spiro atoms. The zero-order valence-electron chi connectivity index (χ0n) is 10.9. The molecule has 0 bridgehead atoms. The maximum Gasteiger partial charge on any atom is 0.414 e. The van der Waals surface area contributed by atoms with Crippen LogP contribution in [0.5, 0.6) is 0 Å². The van der Waals surface area contributed by atoms with E-state index in [-0.39, 0.29) is 5.56 Å². The summed E-state index contributed by atoms with van der Waals surface area (Å²) >= 11 is 0. The average Bonchev–Trinajstić information content (AvgIpc) is 2.26. The quantitative estimate of drug-likeness (QED) is 0.766. The summed E-state index contributed by atoms with van der Waals surface area (Å²) in [6, 6.07) is 1.75. The molecule has 0 saturated carbocycles. The molecule has 1 aliphatic heterocycles. The third kappa shape index (κ3) is 2.55. The van der Waals surface area contributed by atoms with Crippen LogP contribution in [0.25, 0.3) is 0 Å². The Morgan fingerprint density at radius 3 is 2.83 bits per heavy atom. The van der Waals surface area contributed by atoms with Crippen LogP contribution in [-0.4, -0.2) is 23.2 Å². The summed E-state index contributed by atoms with van der Waals surface area (Å²) in [6.45, 7) is 6.07. The number of hydrogen-bond donors (Lipinski definition) is 1. The molecule has 5 heteroatoms. The number of carbonyl (C=O) groups is 1. The van der Waals surface area contributed by atoms with Crippen LogP contribution in [0.15, 0.2) is 17.1 Å². The van der Waals surface area contributed by atoms with Crippen molar-refractivity contribution in [2.24, 2.45) is 0 Å². The fraction of sp³-hybridized carbons (Fsp3) is 0.538. The maximum atomic E-state index is 12.1. The van der Waals surface area contributed by atoms with Gasteiger partial charge in [-0.3, -0.25) is 9.69 Å². The Labute approximate surface area is 106 Å². The number of ether oxygens (including phenoxy) is 1. The van der Waals surface area contributed by atoms with E-state index in [0.29, 0.717) is 24.2 Å². The Morgan fingerprint density at radius 2 is 2.17 bits per heavy atom. The van der Waals surface area contributed by atoms with E-state index in [0.717, 1.165) is 6.42 Å². The van der Waals surface area contributed by atoms with Crippen molar-refractivity contribution in [3.05, 3.63) is 28.2 Å². The van der Waals surface area contributed by atoms with Crippen LogP contribution in [-0.2, 0) is 11.2 Å². The second-order valence-electron chi connectivity index (χ2n) is 5.41. The fourth-order valence-electron chi connectivity index (χ4n) is 2.04. The molecular formula is C13H18N2O3. The van der Waals surface area contributed by atoms with Gasteiger partial charge < -0.3 is 9.72 Å². The monoisotopic (exact) mass is 250 g/mol. The zero-order valence-corrected chi connectivity index (χ0v) is 10.9. The van der Waals surface area contributed by atoms with Crippen LogP contribution in [0.3, 0.4) is 0 Å². The molecule has 5 nitrogen and oxygen atoms in total. The van der Waals surface area contributed by atoms with Gasteiger partial charge in [-0.25, -0.2) is 4.79 Å². The van der Waals surface area contributed by atoms with E-state index in [4.69, 9.17) is 4.74 Å².